The number of anilines is 1. The Bertz CT molecular complexity index is 1040. The average Bonchev–Trinajstić information content (AvgIpc) is 3.07. The van der Waals surface area contributed by atoms with Crippen LogP contribution in [-0.4, -0.2) is 62.0 Å². The van der Waals surface area contributed by atoms with E-state index >= 15 is 0 Å². The average molecular weight is 420 g/mol. The number of nitrogens with one attached hydrogen (secondary N) is 1. The Morgan fingerprint density at radius 2 is 2.03 bits per heavy atom. The number of carbonyl (C=O) groups is 3. The predicted octanol–water partition coefficient (Wildman–Crippen LogP) is -0.560. The first-order chi connectivity index (χ1) is 13.7. The van der Waals surface area contributed by atoms with Crippen molar-refractivity contribution >= 4 is 47.1 Å². The second-order valence-corrected chi connectivity index (χ2v) is 6.82. The maximum absolute atomic E-state index is 12.4. The fraction of sp³-hybridized carbons (Fsp3) is 0.133. The predicted molar refractivity (Wildman–Crippen MR) is 99.4 cm³/mol. The molecule has 1 aromatic carbocycles. The summed E-state index contributed by atoms with van der Waals surface area (Å²) in [5.74, 6) is -4.97. The van der Waals surface area contributed by atoms with Crippen LogP contribution in [0.3, 0.4) is 0 Å². The molecular weight excluding hydrogens is 407 g/mol. The normalized spacial score (nSPS) is 16.0. The van der Waals surface area contributed by atoms with Crippen LogP contribution in [0.1, 0.15) is 32.0 Å². The van der Waals surface area contributed by atoms with Gasteiger partial charge in [-0.3, -0.25) is 4.79 Å². The number of carbonyl (C=O) groups excluding carboxylic acids is 1. The quantitative estimate of drug-likeness (QED) is 0.157. The largest absolute Gasteiger partial charge is 0.547 e. The highest BCUT2D eigenvalue weighted by molar-refractivity contribution is 7.13. The van der Waals surface area contributed by atoms with Gasteiger partial charge < -0.3 is 36.1 Å². The zero-order valence-electron chi connectivity index (χ0n) is 14.4. The molecule has 1 unspecified atom stereocenters. The summed E-state index contributed by atoms with van der Waals surface area (Å²) in [7, 11) is -1.64. The summed E-state index contributed by atoms with van der Waals surface area (Å²) in [6.07, 6.45) is -0.137. The molecule has 0 bridgehead atoms. The second kappa shape index (κ2) is 7.77. The van der Waals surface area contributed by atoms with Gasteiger partial charge in [-0.25, -0.2) is 14.6 Å². The summed E-state index contributed by atoms with van der Waals surface area (Å²) >= 11 is 1.02. The number of carboxylic acids is 2. The van der Waals surface area contributed by atoms with Crippen LogP contribution in [0.2, 0.25) is 0 Å². The molecule has 0 saturated carbocycles. The van der Waals surface area contributed by atoms with E-state index in [-0.39, 0.29) is 34.1 Å². The zero-order chi connectivity index (χ0) is 21.3. The highest BCUT2D eigenvalue weighted by Gasteiger charge is 2.39. The number of rotatable bonds is 5. The Balaban J connectivity index is 1.88. The lowest BCUT2D eigenvalue weighted by atomic mass is 9.72. The summed E-state index contributed by atoms with van der Waals surface area (Å²) < 4.78 is 5.23. The minimum Gasteiger partial charge on any atom is -0.534 e. The Kier molecular flexibility index (Phi) is 5.38. The molecule has 1 aliphatic rings. The molecule has 14 heteroatoms. The maximum Gasteiger partial charge on any atom is 0.547 e. The Hall–Kier alpha value is -3.65. The molecule has 2 aromatic rings. The van der Waals surface area contributed by atoms with Gasteiger partial charge in [0.25, 0.3) is 5.91 Å². The van der Waals surface area contributed by atoms with Gasteiger partial charge in [-0.05, 0) is 24.1 Å². The third-order valence-electron chi connectivity index (χ3n) is 4.06. The second-order valence-electron chi connectivity index (χ2n) is 5.93. The number of thiazole rings is 1. The molecule has 2 heterocycles. The number of benzene rings is 1. The molecule has 12 nitrogen and oxygen atoms in total. The number of amides is 1. The van der Waals surface area contributed by atoms with Crippen LogP contribution >= 0.6 is 11.3 Å². The lowest BCUT2D eigenvalue weighted by molar-refractivity contribution is -0.115. The molecule has 1 atom stereocenters. The Labute approximate surface area is 166 Å². The topological polar surface area (TPSA) is 205 Å². The van der Waals surface area contributed by atoms with E-state index in [0.717, 1.165) is 17.4 Å². The van der Waals surface area contributed by atoms with Crippen molar-refractivity contribution in [2.24, 2.45) is 5.16 Å². The van der Waals surface area contributed by atoms with E-state index in [1.807, 2.05) is 0 Å². The first-order valence-corrected chi connectivity index (χ1v) is 8.81. The van der Waals surface area contributed by atoms with Crippen LogP contribution in [0.4, 0.5) is 5.13 Å². The third-order valence-corrected chi connectivity index (χ3v) is 4.74. The molecule has 0 radical (unpaired) electrons. The van der Waals surface area contributed by atoms with Crippen molar-refractivity contribution < 1.29 is 39.5 Å². The third kappa shape index (κ3) is 3.97. The van der Waals surface area contributed by atoms with Gasteiger partial charge in [0.05, 0.1) is 11.5 Å². The van der Waals surface area contributed by atoms with E-state index in [0.29, 0.717) is 0 Å². The van der Waals surface area contributed by atoms with Gasteiger partial charge >= 0.3 is 19.1 Å². The molecule has 0 aliphatic carbocycles. The molecule has 7 N–H and O–H groups in total. The van der Waals surface area contributed by atoms with Gasteiger partial charge in [-0.2, -0.15) is 0 Å². The van der Waals surface area contributed by atoms with E-state index in [1.54, 1.807) is 0 Å². The summed E-state index contributed by atoms with van der Waals surface area (Å²) in [4.78, 5) is 38.9. The van der Waals surface area contributed by atoms with Gasteiger partial charge in [0.2, 0.25) is 0 Å². The van der Waals surface area contributed by atoms with Crippen LogP contribution < -0.4 is 15.7 Å². The van der Waals surface area contributed by atoms with Crippen LogP contribution in [0.25, 0.3) is 0 Å². The molecule has 150 valence electrons. The number of fused-ring (bicyclic) bond motifs is 1. The van der Waals surface area contributed by atoms with Crippen molar-refractivity contribution in [3.8, 4) is 5.75 Å². The molecule has 1 amide bonds. The van der Waals surface area contributed by atoms with Crippen LogP contribution in [0.5, 0.6) is 5.75 Å². The summed E-state index contributed by atoms with van der Waals surface area (Å²) in [6.45, 7) is 0. The SMILES string of the molecule is Nc1nc(C(=NO)C(=O)NC2Cc3cc(C(=O)O)cc(C(=O)O)c3OB2O)cs1. The van der Waals surface area contributed by atoms with Crippen molar-refractivity contribution in [2.45, 2.75) is 12.4 Å². The van der Waals surface area contributed by atoms with Crippen molar-refractivity contribution in [1.29, 1.82) is 0 Å². The minimum absolute atomic E-state index is 0.0143. The highest BCUT2D eigenvalue weighted by atomic mass is 32.1. The maximum atomic E-state index is 12.4. The van der Waals surface area contributed by atoms with Gasteiger partial charge in [-0.1, -0.05) is 5.16 Å². The van der Waals surface area contributed by atoms with E-state index in [4.69, 9.17) is 15.6 Å². The van der Waals surface area contributed by atoms with E-state index < -0.39 is 42.2 Å². The van der Waals surface area contributed by atoms with Crippen LogP contribution in [-0.2, 0) is 11.2 Å². The van der Waals surface area contributed by atoms with Crippen LogP contribution in [0.15, 0.2) is 22.7 Å². The number of carboxylic acid groups (broad SMARTS) is 2. The first-order valence-electron chi connectivity index (χ1n) is 7.93. The fourth-order valence-electron chi connectivity index (χ4n) is 2.77. The van der Waals surface area contributed by atoms with Gasteiger partial charge in [-0.15, -0.1) is 11.3 Å². The van der Waals surface area contributed by atoms with Gasteiger partial charge in [0.15, 0.2) is 10.8 Å². The molecule has 1 aliphatic heterocycles. The lowest BCUT2D eigenvalue weighted by Gasteiger charge is -2.29. The molecule has 29 heavy (non-hydrogen) atoms. The standard InChI is InChI=1S/C15H13BN4O8S/c17-15-18-8(4-29-15)10(20-27)12(21)19-9-3-5-1-6(13(22)23)2-7(14(24)25)11(5)28-16(9)26/h1-2,4,9,26-27H,3H2,(H2,17,18)(H,19,21)(H,22,23)(H,24,25). The van der Waals surface area contributed by atoms with Crippen LogP contribution in [0, 0.1) is 0 Å². The Morgan fingerprint density at radius 1 is 1.31 bits per heavy atom. The molecular formula is C15H13BN4O8S. The number of oxime groups is 1. The fourth-order valence-corrected chi connectivity index (χ4v) is 3.32. The molecule has 1 aromatic heterocycles. The molecule has 0 saturated heterocycles. The minimum atomic E-state index is -1.64. The van der Waals surface area contributed by atoms with E-state index in [9.17, 15) is 29.6 Å². The number of nitrogens with zero attached hydrogens (tertiary/aromatic N) is 2. The summed E-state index contributed by atoms with van der Waals surface area (Å²) in [6, 6.07) is 2.11. The van der Waals surface area contributed by atoms with E-state index in [2.05, 4.69) is 15.5 Å². The summed E-state index contributed by atoms with van der Waals surface area (Å²) in [5.41, 5.74) is 4.49. The Morgan fingerprint density at radius 3 is 2.59 bits per heavy atom. The number of nitrogen functional groups attached to an aromatic ring is 1. The number of aromatic carboxylic acids is 2. The number of aromatic nitrogens is 1. The molecule has 0 spiro atoms. The smallest absolute Gasteiger partial charge is 0.534 e. The number of hydrogen-bond acceptors (Lipinski definition) is 10. The summed E-state index contributed by atoms with van der Waals surface area (Å²) in [5, 5.41) is 44.6. The highest BCUT2D eigenvalue weighted by Crippen LogP contribution is 2.32. The lowest BCUT2D eigenvalue weighted by Crippen LogP contribution is -2.54. The van der Waals surface area contributed by atoms with Gasteiger partial charge in [0, 0.05) is 5.38 Å². The van der Waals surface area contributed by atoms with Crippen molar-refractivity contribution in [1.82, 2.24) is 10.3 Å². The van der Waals surface area contributed by atoms with Crippen molar-refractivity contribution in [3.63, 3.8) is 0 Å². The monoisotopic (exact) mass is 420 g/mol. The number of hydrogen-bond donors (Lipinski definition) is 6. The molecule has 3 rings (SSSR count). The number of nitrogens with two attached hydrogens (primary N) is 1. The zero-order valence-corrected chi connectivity index (χ0v) is 15.2. The molecule has 0 fully saturated rings. The van der Waals surface area contributed by atoms with Crippen molar-refractivity contribution in [2.75, 3.05) is 5.73 Å². The van der Waals surface area contributed by atoms with Crippen molar-refractivity contribution in [3.05, 3.63) is 39.9 Å². The first kappa shape index (κ1) is 20.1. The van der Waals surface area contributed by atoms with E-state index in [1.165, 1.54) is 11.4 Å². The van der Waals surface area contributed by atoms with Gasteiger partial charge in [0.1, 0.15) is 17.0 Å².